The third kappa shape index (κ3) is 0.657. The van der Waals surface area contributed by atoms with Crippen LogP contribution in [0.3, 0.4) is 0 Å². The van der Waals surface area contributed by atoms with E-state index >= 15 is 0 Å². The molecule has 0 atom stereocenters. The van der Waals surface area contributed by atoms with Crippen LogP contribution in [0.2, 0.25) is 0 Å². The van der Waals surface area contributed by atoms with E-state index < -0.39 is 0 Å². The highest BCUT2D eigenvalue weighted by Crippen LogP contribution is 2.35. The van der Waals surface area contributed by atoms with Crippen LogP contribution in [0.5, 0.6) is 11.7 Å². The summed E-state index contributed by atoms with van der Waals surface area (Å²) in [6, 6.07) is 1.61. The molecular weight excluding hydrogens is 136 g/mol. The second kappa shape index (κ2) is 1.91. The van der Waals surface area contributed by atoms with E-state index in [0.717, 1.165) is 0 Å². The molecular formula is C6H6O4. The van der Waals surface area contributed by atoms with E-state index in [2.05, 4.69) is 0 Å². The molecule has 2 rings (SSSR count). The average Bonchev–Trinajstić information content (AvgIpc) is 2.42. The lowest BCUT2D eigenvalue weighted by molar-refractivity contribution is 0.141. The molecule has 0 unspecified atom stereocenters. The molecule has 1 N–H and O–H groups in total. The highest BCUT2D eigenvalue weighted by molar-refractivity contribution is 5.35. The molecule has 2 heterocycles. The molecule has 0 aliphatic carbocycles. The predicted octanol–water partition coefficient (Wildman–Crippen LogP) is 0.501. The molecule has 0 spiro atoms. The van der Waals surface area contributed by atoms with Gasteiger partial charge in [0.1, 0.15) is 12.4 Å². The molecule has 4 heteroatoms. The number of fused-ring (bicyclic) bond motifs is 1. The summed E-state index contributed by atoms with van der Waals surface area (Å²) in [6.07, 6.45) is 0. The Morgan fingerprint density at radius 3 is 3.10 bits per heavy atom. The Kier molecular flexibility index (Phi) is 1.07. The van der Waals surface area contributed by atoms with Gasteiger partial charge in [-0.2, -0.15) is 0 Å². The summed E-state index contributed by atoms with van der Waals surface area (Å²) in [4.78, 5) is 0. The summed E-state index contributed by atoms with van der Waals surface area (Å²) < 4.78 is 14.8. The Labute approximate surface area is 57.0 Å². The first-order valence-electron chi connectivity index (χ1n) is 2.89. The SMILES string of the molecule is OCc1cc2c(o1)OCO2. The quantitative estimate of drug-likeness (QED) is 0.620. The fourth-order valence-electron chi connectivity index (χ4n) is 0.830. The number of hydrogen-bond donors (Lipinski definition) is 1. The van der Waals surface area contributed by atoms with Gasteiger partial charge in [0.2, 0.25) is 12.5 Å². The minimum absolute atomic E-state index is 0.125. The molecule has 0 aromatic carbocycles. The Bertz CT molecular complexity index is 218. The van der Waals surface area contributed by atoms with Crippen molar-refractivity contribution in [3.05, 3.63) is 11.8 Å². The molecule has 1 aromatic rings. The van der Waals surface area contributed by atoms with Crippen LogP contribution in [0, 0.1) is 0 Å². The fraction of sp³-hybridized carbons (Fsp3) is 0.333. The Balaban J connectivity index is 2.37. The van der Waals surface area contributed by atoms with Crippen LogP contribution < -0.4 is 9.47 Å². The van der Waals surface area contributed by atoms with E-state index in [9.17, 15) is 0 Å². The van der Waals surface area contributed by atoms with Crippen molar-refractivity contribution < 1.29 is 19.0 Å². The van der Waals surface area contributed by atoms with Crippen LogP contribution in [-0.2, 0) is 6.61 Å². The number of aliphatic hydroxyl groups is 1. The third-order valence-electron chi connectivity index (χ3n) is 1.28. The van der Waals surface area contributed by atoms with E-state index in [0.29, 0.717) is 17.5 Å². The van der Waals surface area contributed by atoms with Crippen LogP contribution >= 0.6 is 0 Å². The van der Waals surface area contributed by atoms with Gasteiger partial charge < -0.3 is 19.0 Å². The van der Waals surface area contributed by atoms with Crippen molar-refractivity contribution in [3.63, 3.8) is 0 Å². The summed E-state index contributed by atoms with van der Waals surface area (Å²) in [5, 5.41) is 8.59. The number of rotatable bonds is 1. The van der Waals surface area contributed by atoms with E-state index in [4.69, 9.17) is 19.0 Å². The first kappa shape index (κ1) is 5.61. The zero-order valence-electron chi connectivity index (χ0n) is 5.16. The van der Waals surface area contributed by atoms with E-state index in [1.807, 2.05) is 0 Å². The lowest BCUT2D eigenvalue weighted by Gasteiger charge is -1.90. The van der Waals surface area contributed by atoms with Gasteiger partial charge >= 0.3 is 5.95 Å². The summed E-state index contributed by atoms with van der Waals surface area (Å²) in [6.45, 7) is 0.0829. The monoisotopic (exact) mass is 142 g/mol. The summed E-state index contributed by atoms with van der Waals surface area (Å²) in [5.41, 5.74) is 0. The zero-order valence-corrected chi connectivity index (χ0v) is 5.16. The van der Waals surface area contributed by atoms with E-state index in [1.165, 1.54) is 0 Å². The van der Waals surface area contributed by atoms with E-state index in [-0.39, 0.29) is 13.4 Å². The molecule has 10 heavy (non-hydrogen) atoms. The average molecular weight is 142 g/mol. The van der Waals surface area contributed by atoms with E-state index in [1.54, 1.807) is 6.07 Å². The Morgan fingerprint density at radius 1 is 1.50 bits per heavy atom. The normalized spacial score (nSPS) is 14.1. The van der Waals surface area contributed by atoms with Crippen LogP contribution in [-0.4, -0.2) is 11.9 Å². The van der Waals surface area contributed by atoms with Crippen LogP contribution in [0.25, 0.3) is 0 Å². The maximum Gasteiger partial charge on any atom is 0.332 e. The molecule has 0 radical (unpaired) electrons. The molecule has 4 nitrogen and oxygen atoms in total. The van der Waals surface area contributed by atoms with Crippen molar-refractivity contribution >= 4 is 0 Å². The second-order valence-electron chi connectivity index (χ2n) is 1.93. The Hall–Kier alpha value is -1.16. The van der Waals surface area contributed by atoms with Crippen LogP contribution in [0.4, 0.5) is 0 Å². The number of ether oxygens (including phenoxy) is 2. The van der Waals surface area contributed by atoms with Crippen molar-refractivity contribution in [1.82, 2.24) is 0 Å². The molecule has 0 fully saturated rings. The lowest BCUT2D eigenvalue weighted by atomic mass is 10.4. The van der Waals surface area contributed by atoms with Crippen molar-refractivity contribution in [2.45, 2.75) is 6.61 Å². The van der Waals surface area contributed by atoms with Gasteiger partial charge in [-0.1, -0.05) is 0 Å². The van der Waals surface area contributed by atoms with Gasteiger partial charge in [0.15, 0.2) is 0 Å². The highest BCUT2D eigenvalue weighted by atomic mass is 16.7. The minimum atomic E-state index is -0.125. The van der Waals surface area contributed by atoms with Gasteiger partial charge in [0.05, 0.1) is 0 Å². The summed E-state index contributed by atoms with van der Waals surface area (Å²) in [5.74, 6) is 1.40. The van der Waals surface area contributed by atoms with Crippen LogP contribution in [0.1, 0.15) is 5.76 Å². The first-order chi connectivity index (χ1) is 4.90. The molecule has 0 amide bonds. The molecule has 0 saturated heterocycles. The largest absolute Gasteiger partial charge is 0.450 e. The predicted molar refractivity (Wildman–Crippen MR) is 30.8 cm³/mol. The second-order valence-corrected chi connectivity index (χ2v) is 1.93. The Morgan fingerprint density at radius 2 is 2.40 bits per heavy atom. The molecule has 54 valence electrons. The summed E-state index contributed by atoms with van der Waals surface area (Å²) in [7, 11) is 0. The van der Waals surface area contributed by atoms with Gasteiger partial charge in [0.25, 0.3) is 0 Å². The smallest absolute Gasteiger partial charge is 0.332 e. The first-order valence-corrected chi connectivity index (χ1v) is 2.89. The lowest BCUT2D eigenvalue weighted by Crippen LogP contribution is -1.94. The van der Waals surface area contributed by atoms with Crippen molar-refractivity contribution in [2.75, 3.05) is 6.79 Å². The topological polar surface area (TPSA) is 51.8 Å². The van der Waals surface area contributed by atoms with Crippen molar-refractivity contribution in [2.24, 2.45) is 0 Å². The number of hydrogen-bond acceptors (Lipinski definition) is 4. The molecule has 0 bridgehead atoms. The van der Waals surface area contributed by atoms with Crippen LogP contribution in [0.15, 0.2) is 10.5 Å². The highest BCUT2D eigenvalue weighted by Gasteiger charge is 2.18. The zero-order chi connectivity index (χ0) is 6.97. The fourth-order valence-corrected chi connectivity index (χ4v) is 0.830. The summed E-state index contributed by atoms with van der Waals surface area (Å²) >= 11 is 0. The third-order valence-corrected chi connectivity index (χ3v) is 1.28. The molecule has 1 aromatic heterocycles. The molecule has 1 aliphatic heterocycles. The van der Waals surface area contributed by atoms with Gasteiger partial charge in [-0.05, 0) is 0 Å². The number of furan rings is 1. The number of aliphatic hydroxyl groups excluding tert-OH is 1. The van der Waals surface area contributed by atoms with Crippen molar-refractivity contribution in [3.8, 4) is 11.7 Å². The van der Waals surface area contributed by atoms with Crippen molar-refractivity contribution in [1.29, 1.82) is 0 Å². The maximum atomic E-state index is 8.59. The van der Waals surface area contributed by atoms with Gasteiger partial charge in [-0.3, -0.25) is 0 Å². The maximum absolute atomic E-state index is 8.59. The molecule has 1 aliphatic rings. The molecule has 0 saturated carbocycles. The standard InChI is InChI=1S/C6H6O4/c7-2-4-1-5-6(10-4)9-3-8-5/h1,7H,2-3H2. The van der Waals surface area contributed by atoms with Gasteiger partial charge in [-0.25, -0.2) is 0 Å². The van der Waals surface area contributed by atoms with Gasteiger partial charge in [-0.15, -0.1) is 0 Å². The minimum Gasteiger partial charge on any atom is -0.450 e. The van der Waals surface area contributed by atoms with Gasteiger partial charge in [0, 0.05) is 6.07 Å².